The number of nitrogens with zero attached hydrogens (tertiary/aromatic N) is 1. The van der Waals surface area contributed by atoms with Gasteiger partial charge in [-0.25, -0.2) is 0 Å². The summed E-state index contributed by atoms with van der Waals surface area (Å²) in [6, 6.07) is 15.9. The Hall–Kier alpha value is -1.54. The van der Waals surface area contributed by atoms with Gasteiger partial charge in [0.2, 0.25) is 0 Å². The van der Waals surface area contributed by atoms with Gasteiger partial charge in [0, 0.05) is 30.2 Å². The molecule has 1 atom stereocenters. The van der Waals surface area contributed by atoms with Crippen molar-refractivity contribution in [1.29, 1.82) is 0 Å². The molecule has 0 aliphatic carbocycles. The molecule has 0 saturated carbocycles. The van der Waals surface area contributed by atoms with Crippen molar-refractivity contribution in [2.24, 2.45) is 0 Å². The fraction of sp³-hybridized carbons (Fsp3) is 0.412. The Bertz CT molecular complexity index is 538. The van der Waals surface area contributed by atoms with E-state index in [0.717, 1.165) is 13.1 Å². The van der Waals surface area contributed by atoms with Gasteiger partial charge in [0.25, 0.3) is 0 Å². The third-order valence-corrected chi connectivity index (χ3v) is 4.09. The van der Waals surface area contributed by atoms with Crippen LogP contribution < -0.4 is 10.2 Å². The highest BCUT2D eigenvalue weighted by atomic mass is 15.2. The topological polar surface area (TPSA) is 15.3 Å². The van der Waals surface area contributed by atoms with Gasteiger partial charge in [-0.2, -0.15) is 0 Å². The van der Waals surface area contributed by atoms with Gasteiger partial charge in [-0.15, -0.1) is 0 Å². The highest BCUT2D eigenvalue weighted by Crippen LogP contribution is 2.27. The van der Waals surface area contributed by atoms with Crippen molar-refractivity contribution in [3.63, 3.8) is 0 Å². The largest absolute Gasteiger partial charge is 0.370 e. The second kappa shape index (κ2) is 5.62. The second-order valence-corrected chi connectivity index (χ2v) is 5.33. The van der Waals surface area contributed by atoms with Gasteiger partial charge in [-0.05, 0) is 37.8 Å². The molecule has 0 aromatic heterocycles. The van der Waals surface area contributed by atoms with Crippen LogP contribution in [0.3, 0.4) is 0 Å². The zero-order chi connectivity index (χ0) is 13.1. The zero-order valence-corrected chi connectivity index (χ0v) is 11.6. The van der Waals surface area contributed by atoms with E-state index in [1.54, 1.807) is 0 Å². The van der Waals surface area contributed by atoms with E-state index >= 15 is 0 Å². The summed E-state index contributed by atoms with van der Waals surface area (Å²) in [5, 5.41) is 6.29. The smallest absolute Gasteiger partial charge is 0.0446 e. The monoisotopic (exact) mass is 254 g/mol. The van der Waals surface area contributed by atoms with E-state index in [9.17, 15) is 0 Å². The first-order chi connectivity index (χ1) is 9.38. The molecule has 19 heavy (non-hydrogen) atoms. The lowest BCUT2D eigenvalue weighted by Crippen LogP contribution is -2.37. The van der Waals surface area contributed by atoms with E-state index in [1.807, 2.05) is 0 Å². The third-order valence-electron chi connectivity index (χ3n) is 4.09. The first-order valence-corrected chi connectivity index (χ1v) is 7.34. The molecule has 100 valence electrons. The minimum atomic E-state index is 0.652. The molecule has 0 unspecified atom stereocenters. The van der Waals surface area contributed by atoms with Crippen LogP contribution in [0.15, 0.2) is 42.5 Å². The Morgan fingerprint density at radius 2 is 2.00 bits per heavy atom. The predicted molar refractivity (Wildman–Crippen MR) is 82.9 cm³/mol. The number of anilines is 1. The third kappa shape index (κ3) is 2.59. The number of benzene rings is 2. The number of rotatable bonds is 4. The van der Waals surface area contributed by atoms with Crippen molar-refractivity contribution in [2.75, 3.05) is 24.5 Å². The van der Waals surface area contributed by atoms with Crippen LogP contribution in [0.1, 0.15) is 19.8 Å². The van der Waals surface area contributed by atoms with Crippen LogP contribution in [0, 0.1) is 0 Å². The van der Waals surface area contributed by atoms with E-state index in [2.05, 4.69) is 59.6 Å². The minimum Gasteiger partial charge on any atom is -0.370 e. The van der Waals surface area contributed by atoms with Crippen molar-refractivity contribution >= 4 is 16.5 Å². The summed E-state index contributed by atoms with van der Waals surface area (Å²) in [5.74, 6) is 0. The Morgan fingerprint density at radius 1 is 1.16 bits per heavy atom. The number of fused-ring (bicyclic) bond motifs is 1. The standard InChI is InChI=1S/C17H22N2/c1-2-19(13-15-9-6-12-18-15)17-11-5-8-14-7-3-4-10-16(14)17/h3-5,7-8,10-11,15,18H,2,6,9,12-13H2,1H3/t15-/m0/s1. The molecule has 1 aliphatic heterocycles. The molecule has 2 heteroatoms. The van der Waals surface area contributed by atoms with Crippen LogP contribution in [0.5, 0.6) is 0 Å². The van der Waals surface area contributed by atoms with Crippen LogP contribution in [-0.2, 0) is 0 Å². The lowest BCUT2D eigenvalue weighted by Gasteiger charge is -2.27. The maximum atomic E-state index is 3.60. The second-order valence-electron chi connectivity index (χ2n) is 5.33. The van der Waals surface area contributed by atoms with Crippen LogP contribution in [0.25, 0.3) is 10.8 Å². The molecule has 0 amide bonds. The summed E-state index contributed by atoms with van der Waals surface area (Å²) < 4.78 is 0. The molecule has 0 spiro atoms. The van der Waals surface area contributed by atoms with Crippen LogP contribution in [0.4, 0.5) is 5.69 Å². The molecule has 1 fully saturated rings. The van der Waals surface area contributed by atoms with E-state index in [0.29, 0.717) is 6.04 Å². The Morgan fingerprint density at radius 3 is 2.79 bits per heavy atom. The van der Waals surface area contributed by atoms with Crippen molar-refractivity contribution in [1.82, 2.24) is 5.32 Å². The normalized spacial score (nSPS) is 18.9. The first kappa shape index (κ1) is 12.5. The van der Waals surface area contributed by atoms with Crippen molar-refractivity contribution in [3.8, 4) is 0 Å². The average molecular weight is 254 g/mol. The lowest BCUT2D eigenvalue weighted by molar-refractivity contribution is 0.587. The van der Waals surface area contributed by atoms with Gasteiger partial charge in [0.1, 0.15) is 0 Å². The van der Waals surface area contributed by atoms with Crippen molar-refractivity contribution in [2.45, 2.75) is 25.8 Å². The molecule has 0 radical (unpaired) electrons. The highest BCUT2D eigenvalue weighted by Gasteiger charge is 2.18. The molecule has 1 saturated heterocycles. The van der Waals surface area contributed by atoms with Crippen molar-refractivity contribution < 1.29 is 0 Å². The SMILES string of the molecule is CCN(C[C@@H]1CCCN1)c1cccc2ccccc12. The zero-order valence-electron chi connectivity index (χ0n) is 11.6. The number of nitrogens with one attached hydrogen (secondary N) is 1. The summed E-state index contributed by atoms with van der Waals surface area (Å²) in [4.78, 5) is 2.51. The fourth-order valence-electron chi connectivity index (χ4n) is 3.06. The van der Waals surface area contributed by atoms with Gasteiger partial charge >= 0.3 is 0 Å². The van der Waals surface area contributed by atoms with Gasteiger partial charge in [-0.1, -0.05) is 36.4 Å². The molecule has 2 nitrogen and oxygen atoms in total. The van der Waals surface area contributed by atoms with Crippen LogP contribution in [0.2, 0.25) is 0 Å². The Kier molecular flexibility index (Phi) is 3.69. The van der Waals surface area contributed by atoms with Gasteiger partial charge < -0.3 is 10.2 Å². The van der Waals surface area contributed by atoms with E-state index in [-0.39, 0.29) is 0 Å². The summed E-state index contributed by atoms with van der Waals surface area (Å²) in [7, 11) is 0. The molecule has 1 N–H and O–H groups in total. The fourth-order valence-corrected chi connectivity index (χ4v) is 3.06. The average Bonchev–Trinajstić information content (AvgIpc) is 2.97. The first-order valence-electron chi connectivity index (χ1n) is 7.34. The molecular formula is C17H22N2. The summed E-state index contributed by atoms with van der Waals surface area (Å²) in [5.41, 5.74) is 1.37. The molecular weight excluding hydrogens is 232 g/mol. The van der Waals surface area contributed by atoms with E-state index in [1.165, 1.54) is 35.8 Å². The molecule has 0 bridgehead atoms. The summed E-state index contributed by atoms with van der Waals surface area (Å²) in [6.07, 6.45) is 2.62. The molecule has 1 heterocycles. The number of hydrogen-bond donors (Lipinski definition) is 1. The van der Waals surface area contributed by atoms with Gasteiger partial charge in [0.05, 0.1) is 0 Å². The van der Waals surface area contributed by atoms with E-state index in [4.69, 9.17) is 0 Å². The maximum Gasteiger partial charge on any atom is 0.0446 e. The minimum absolute atomic E-state index is 0.652. The molecule has 2 aromatic carbocycles. The lowest BCUT2D eigenvalue weighted by atomic mass is 10.1. The Labute approximate surface area is 115 Å². The molecule has 1 aliphatic rings. The van der Waals surface area contributed by atoms with E-state index < -0.39 is 0 Å². The number of hydrogen-bond acceptors (Lipinski definition) is 2. The van der Waals surface area contributed by atoms with Crippen LogP contribution in [-0.4, -0.2) is 25.7 Å². The summed E-state index contributed by atoms with van der Waals surface area (Å²) in [6.45, 7) is 5.60. The number of likely N-dealkylation sites (N-methyl/N-ethyl adjacent to an activating group) is 1. The van der Waals surface area contributed by atoms with Crippen LogP contribution >= 0.6 is 0 Å². The van der Waals surface area contributed by atoms with Gasteiger partial charge in [-0.3, -0.25) is 0 Å². The quantitative estimate of drug-likeness (QED) is 0.899. The van der Waals surface area contributed by atoms with Gasteiger partial charge in [0.15, 0.2) is 0 Å². The van der Waals surface area contributed by atoms with Crippen molar-refractivity contribution in [3.05, 3.63) is 42.5 Å². The summed E-state index contributed by atoms with van der Waals surface area (Å²) >= 11 is 0. The predicted octanol–water partition coefficient (Wildman–Crippen LogP) is 3.42. The highest BCUT2D eigenvalue weighted by molar-refractivity contribution is 5.94. The molecule has 2 aromatic rings. The Balaban J connectivity index is 1.91. The molecule has 3 rings (SSSR count). The maximum absolute atomic E-state index is 3.60.